The molecule has 1 saturated heterocycles. The third-order valence-electron chi connectivity index (χ3n) is 4.75. The predicted octanol–water partition coefficient (Wildman–Crippen LogP) is 5.05. The number of halogens is 1. The van der Waals surface area contributed by atoms with Crippen LogP contribution in [0.1, 0.15) is 10.4 Å². The minimum Gasteiger partial charge on any atom is -0.379 e. The maximum absolute atomic E-state index is 6.60. The summed E-state index contributed by atoms with van der Waals surface area (Å²) >= 11 is 9.97. The lowest BCUT2D eigenvalue weighted by Gasteiger charge is -2.26. The third kappa shape index (κ3) is 4.30. The number of morpholine rings is 1. The smallest absolute Gasteiger partial charge is 0.190 e. The number of benzene rings is 1. The monoisotopic (exact) mass is 419 g/mol. The van der Waals surface area contributed by atoms with E-state index in [1.165, 1.54) is 16.0 Å². The van der Waals surface area contributed by atoms with Crippen LogP contribution in [0, 0.1) is 13.8 Å². The van der Waals surface area contributed by atoms with E-state index in [1.807, 2.05) is 0 Å². The summed E-state index contributed by atoms with van der Waals surface area (Å²) in [6, 6.07) is 8.54. The Kier molecular flexibility index (Phi) is 5.99. The van der Waals surface area contributed by atoms with Crippen LogP contribution in [0.5, 0.6) is 0 Å². The number of aryl methyl sites for hydroxylation is 2. The van der Waals surface area contributed by atoms with Crippen molar-refractivity contribution in [1.82, 2.24) is 14.9 Å². The van der Waals surface area contributed by atoms with Gasteiger partial charge in [0.15, 0.2) is 5.16 Å². The van der Waals surface area contributed by atoms with E-state index in [2.05, 4.69) is 48.0 Å². The maximum atomic E-state index is 6.60. The van der Waals surface area contributed by atoms with E-state index in [-0.39, 0.29) is 0 Å². The zero-order chi connectivity index (χ0) is 18.8. The molecular weight excluding hydrogens is 398 g/mol. The maximum Gasteiger partial charge on any atom is 0.190 e. The largest absolute Gasteiger partial charge is 0.379 e. The number of fused-ring (bicyclic) bond motifs is 1. The molecule has 2 aromatic heterocycles. The molecule has 0 bridgehead atoms. The minimum absolute atomic E-state index is 0.550. The van der Waals surface area contributed by atoms with Gasteiger partial charge in [-0.1, -0.05) is 53.2 Å². The number of nitrogens with zero attached hydrogens (tertiary/aromatic N) is 3. The lowest BCUT2D eigenvalue weighted by Crippen LogP contribution is -2.37. The summed E-state index contributed by atoms with van der Waals surface area (Å²) in [5.41, 5.74) is 3.57. The molecule has 0 radical (unpaired) electrons. The van der Waals surface area contributed by atoms with Gasteiger partial charge in [-0.15, -0.1) is 11.3 Å². The van der Waals surface area contributed by atoms with Crippen LogP contribution < -0.4 is 0 Å². The lowest BCUT2D eigenvalue weighted by molar-refractivity contribution is 0.0410. The Morgan fingerprint density at radius 3 is 2.63 bits per heavy atom. The number of thioether (sulfide) groups is 1. The molecule has 4 rings (SSSR count). The number of thiophene rings is 1. The van der Waals surface area contributed by atoms with Crippen molar-refractivity contribution in [2.24, 2.45) is 0 Å². The van der Waals surface area contributed by atoms with E-state index < -0.39 is 0 Å². The van der Waals surface area contributed by atoms with Gasteiger partial charge in [-0.3, -0.25) is 4.90 Å². The standard InChI is InChI=1S/C20H22ClN3OS2/c1-13-3-5-15(6-4-13)16-14(2)27-19-17(16)18(21)22-20(23-19)26-12-9-24-7-10-25-11-8-24/h3-6H,7-12H2,1-2H3. The molecule has 1 fully saturated rings. The zero-order valence-electron chi connectivity index (χ0n) is 15.5. The first-order valence-corrected chi connectivity index (χ1v) is 11.3. The van der Waals surface area contributed by atoms with Crippen LogP contribution in [0.2, 0.25) is 5.15 Å². The normalized spacial score (nSPS) is 15.5. The van der Waals surface area contributed by atoms with Gasteiger partial charge in [-0.2, -0.15) is 0 Å². The van der Waals surface area contributed by atoms with Gasteiger partial charge in [-0.25, -0.2) is 9.97 Å². The van der Waals surface area contributed by atoms with E-state index in [9.17, 15) is 0 Å². The molecule has 142 valence electrons. The summed E-state index contributed by atoms with van der Waals surface area (Å²) in [5.74, 6) is 0.955. The van der Waals surface area contributed by atoms with Crippen molar-refractivity contribution in [3.63, 3.8) is 0 Å². The Morgan fingerprint density at radius 1 is 1.15 bits per heavy atom. The van der Waals surface area contributed by atoms with Gasteiger partial charge in [0.1, 0.15) is 9.98 Å². The molecule has 1 aliphatic rings. The predicted molar refractivity (Wildman–Crippen MR) is 115 cm³/mol. The van der Waals surface area contributed by atoms with E-state index in [1.54, 1.807) is 23.1 Å². The molecule has 27 heavy (non-hydrogen) atoms. The molecule has 1 aromatic carbocycles. The van der Waals surface area contributed by atoms with Gasteiger partial charge in [0.05, 0.1) is 18.6 Å². The number of hydrogen-bond donors (Lipinski definition) is 0. The van der Waals surface area contributed by atoms with Crippen molar-refractivity contribution < 1.29 is 4.74 Å². The summed E-state index contributed by atoms with van der Waals surface area (Å²) in [5, 5.41) is 2.28. The second kappa shape index (κ2) is 8.45. The molecule has 3 aromatic rings. The average molecular weight is 420 g/mol. The van der Waals surface area contributed by atoms with E-state index in [0.717, 1.165) is 59.5 Å². The summed E-state index contributed by atoms with van der Waals surface area (Å²) < 4.78 is 5.40. The van der Waals surface area contributed by atoms with Crippen molar-refractivity contribution in [2.75, 3.05) is 38.6 Å². The second-order valence-electron chi connectivity index (χ2n) is 6.68. The quantitative estimate of drug-likeness (QED) is 0.328. The van der Waals surface area contributed by atoms with Crippen molar-refractivity contribution >= 4 is 44.9 Å². The first kappa shape index (κ1) is 19.2. The van der Waals surface area contributed by atoms with Gasteiger partial charge in [0.2, 0.25) is 0 Å². The van der Waals surface area contributed by atoms with Crippen LogP contribution >= 0.6 is 34.7 Å². The molecule has 0 N–H and O–H groups in total. The van der Waals surface area contributed by atoms with Crippen LogP contribution in [0.4, 0.5) is 0 Å². The fourth-order valence-electron chi connectivity index (χ4n) is 3.28. The van der Waals surface area contributed by atoms with Crippen LogP contribution in [-0.4, -0.2) is 53.5 Å². The molecule has 0 unspecified atom stereocenters. The molecule has 0 saturated carbocycles. The topological polar surface area (TPSA) is 38.2 Å². The van der Waals surface area contributed by atoms with E-state index in [0.29, 0.717) is 5.15 Å². The van der Waals surface area contributed by atoms with Crippen LogP contribution in [-0.2, 0) is 4.74 Å². The number of hydrogen-bond acceptors (Lipinski definition) is 6. The molecule has 7 heteroatoms. The van der Waals surface area contributed by atoms with Gasteiger partial charge in [-0.05, 0) is 19.4 Å². The number of ether oxygens (including phenoxy) is 1. The Bertz CT molecular complexity index is 937. The highest BCUT2D eigenvalue weighted by molar-refractivity contribution is 7.99. The van der Waals surface area contributed by atoms with Crippen molar-refractivity contribution in [3.8, 4) is 11.1 Å². The molecule has 4 nitrogen and oxygen atoms in total. The lowest BCUT2D eigenvalue weighted by atomic mass is 10.0. The first-order valence-electron chi connectivity index (χ1n) is 9.08. The van der Waals surface area contributed by atoms with Crippen molar-refractivity contribution in [2.45, 2.75) is 19.0 Å². The number of aromatic nitrogens is 2. The van der Waals surface area contributed by atoms with Crippen LogP contribution in [0.25, 0.3) is 21.3 Å². The van der Waals surface area contributed by atoms with Gasteiger partial charge in [0, 0.05) is 35.8 Å². The first-order chi connectivity index (χ1) is 13.1. The Balaban J connectivity index is 1.56. The Labute approximate surface area is 172 Å². The molecule has 0 amide bonds. The minimum atomic E-state index is 0.550. The van der Waals surface area contributed by atoms with E-state index in [4.69, 9.17) is 21.3 Å². The molecule has 3 heterocycles. The van der Waals surface area contributed by atoms with Gasteiger partial charge in [0.25, 0.3) is 0 Å². The SMILES string of the molecule is Cc1ccc(-c2c(C)sc3nc(SCCN4CCOCC4)nc(Cl)c23)cc1. The number of rotatable bonds is 5. The van der Waals surface area contributed by atoms with Gasteiger partial charge >= 0.3 is 0 Å². The Morgan fingerprint density at radius 2 is 1.89 bits per heavy atom. The van der Waals surface area contributed by atoms with Crippen LogP contribution in [0.3, 0.4) is 0 Å². The highest BCUT2D eigenvalue weighted by atomic mass is 35.5. The van der Waals surface area contributed by atoms with E-state index >= 15 is 0 Å². The summed E-state index contributed by atoms with van der Waals surface area (Å²) in [7, 11) is 0. The summed E-state index contributed by atoms with van der Waals surface area (Å²) in [6.45, 7) is 8.91. The van der Waals surface area contributed by atoms with Crippen LogP contribution in [0.15, 0.2) is 29.4 Å². The average Bonchev–Trinajstić information content (AvgIpc) is 3.00. The molecule has 1 aliphatic heterocycles. The molecular formula is C20H22ClN3OS2. The molecule has 0 spiro atoms. The van der Waals surface area contributed by atoms with Crippen molar-refractivity contribution in [3.05, 3.63) is 39.9 Å². The third-order valence-corrected chi connectivity index (χ3v) is 6.85. The summed E-state index contributed by atoms with van der Waals surface area (Å²) in [4.78, 5) is 14.0. The zero-order valence-corrected chi connectivity index (χ0v) is 17.9. The van der Waals surface area contributed by atoms with Crippen molar-refractivity contribution in [1.29, 1.82) is 0 Å². The molecule has 0 aliphatic carbocycles. The second-order valence-corrected chi connectivity index (χ2v) is 9.30. The fourth-order valence-corrected chi connectivity index (χ4v) is 5.59. The highest BCUT2D eigenvalue weighted by Gasteiger charge is 2.18. The summed E-state index contributed by atoms with van der Waals surface area (Å²) in [6.07, 6.45) is 0. The van der Waals surface area contributed by atoms with Gasteiger partial charge < -0.3 is 4.74 Å². The fraction of sp³-hybridized carbons (Fsp3) is 0.400. The Hall–Kier alpha value is -1.18. The highest BCUT2D eigenvalue weighted by Crippen LogP contribution is 2.41. The molecule has 0 atom stereocenters.